The molecule has 0 spiro atoms. The summed E-state index contributed by atoms with van der Waals surface area (Å²) in [4.78, 5) is 19.1. The van der Waals surface area contributed by atoms with Gasteiger partial charge in [0.15, 0.2) is 0 Å². The number of halogens is 2. The summed E-state index contributed by atoms with van der Waals surface area (Å²) in [5, 5.41) is 3.26. The third-order valence-electron chi connectivity index (χ3n) is 5.03. The van der Waals surface area contributed by atoms with E-state index in [0.717, 1.165) is 16.3 Å². The van der Waals surface area contributed by atoms with Crippen LogP contribution in [0.3, 0.4) is 0 Å². The molecule has 0 aliphatic carbocycles. The van der Waals surface area contributed by atoms with E-state index in [9.17, 15) is 13.2 Å². The van der Waals surface area contributed by atoms with E-state index >= 15 is 0 Å². The van der Waals surface area contributed by atoms with Crippen molar-refractivity contribution in [1.29, 1.82) is 0 Å². The van der Waals surface area contributed by atoms with E-state index in [1.54, 1.807) is 4.90 Å². The van der Waals surface area contributed by atoms with Gasteiger partial charge in [-0.1, -0.05) is 53.5 Å². The lowest BCUT2D eigenvalue weighted by Crippen LogP contribution is -2.50. The number of carbonyl (C=O) groups excluding carboxylic acids is 1. The van der Waals surface area contributed by atoms with Gasteiger partial charge >= 0.3 is 0 Å². The number of sulfonamides is 1. The van der Waals surface area contributed by atoms with Crippen molar-refractivity contribution in [3.05, 3.63) is 69.7 Å². The van der Waals surface area contributed by atoms with E-state index in [1.807, 2.05) is 35.7 Å². The molecular formula is C21H19Cl2N3O3S2. The number of hydrogen-bond acceptors (Lipinski definition) is 5. The number of carbonyl (C=O) groups is 1. The van der Waals surface area contributed by atoms with E-state index in [2.05, 4.69) is 4.98 Å². The molecule has 4 rings (SSSR count). The molecule has 1 aromatic heterocycles. The number of nitrogens with zero attached hydrogens (tertiary/aromatic N) is 3. The van der Waals surface area contributed by atoms with Crippen LogP contribution in [0.4, 0.5) is 0 Å². The van der Waals surface area contributed by atoms with E-state index in [1.165, 1.54) is 33.8 Å². The Morgan fingerprint density at radius 3 is 2.39 bits per heavy atom. The lowest BCUT2D eigenvalue weighted by Gasteiger charge is -2.34. The van der Waals surface area contributed by atoms with Gasteiger partial charge < -0.3 is 4.90 Å². The molecule has 1 saturated heterocycles. The van der Waals surface area contributed by atoms with Crippen LogP contribution in [0.5, 0.6) is 0 Å². The Morgan fingerprint density at radius 2 is 1.71 bits per heavy atom. The van der Waals surface area contributed by atoms with Gasteiger partial charge in [-0.2, -0.15) is 4.31 Å². The third-order valence-corrected chi connectivity index (χ3v) is 8.60. The highest BCUT2D eigenvalue weighted by atomic mass is 35.5. The molecule has 2 heterocycles. The molecule has 2 aromatic carbocycles. The van der Waals surface area contributed by atoms with Gasteiger partial charge in [-0.25, -0.2) is 13.4 Å². The summed E-state index contributed by atoms with van der Waals surface area (Å²) in [5.41, 5.74) is 1.74. The minimum atomic E-state index is -3.70. The maximum Gasteiger partial charge on any atom is 0.243 e. The number of rotatable bonds is 5. The number of aromatic nitrogens is 1. The van der Waals surface area contributed by atoms with E-state index in [4.69, 9.17) is 23.2 Å². The van der Waals surface area contributed by atoms with Crippen LogP contribution >= 0.6 is 34.5 Å². The fourth-order valence-corrected chi connectivity index (χ4v) is 5.97. The molecule has 0 atom stereocenters. The van der Waals surface area contributed by atoms with Crippen LogP contribution in [0.1, 0.15) is 5.69 Å². The van der Waals surface area contributed by atoms with Gasteiger partial charge in [0.05, 0.1) is 27.1 Å². The van der Waals surface area contributed by atoms with Gasteiger partial charge in [-0.05, 0) is 18.2 Å². The zero-order valence-electron chi connectivity index (χ0n) is 16.4. The van der Waals surface area contributed by atoms with Crippen LogP contribution in [0.2, 0.25) is 10.0 Å². The Kier molecular flexibility index (Phi) is 6.64. The summed E-state index contributed by atoms with van der Waals surface area (Å²) >= 11 is 13.4. The second-order valence-electron chi connectivity index (χ2n) is 7.05. The molecule has 1 aliphatic heterocycles. The number of benzene rings is 2. The first-order valence-corrected chi connectivity index (χ1v) is 12.6. The fourth-order valence-electron chi connectivity index (χ4n) is 3.33. The predicted molar refractivity (Wildman–Crippen MR) is 123 cm³/mol. The van der Waals surface area contributed by atoms with Crippen LogP contribution in [-0.2, 0) is 21.2 Å². The Labute approximate surface area is 195 Å². The van der Waals surface area contributed by atoms with E-state index < -0.39 is 10.0 Å². The zero-order chi connectivity index (χ0) is 22.0. The Hall–Kier alpha value is -1.97. The SMILES string of the molecule is O=C(Cc1csc(-c2ccccc2)n1)N1CCN(S(=O)(=O)c2ccc(Cl)c(Cl)c2)CC1. The minimum absolute atomic E-state index is 0.0588. The molecule has 6 nitrogen and oxygen atoms in total. The van der Waals surface area contributed by atoms with Crippen molar-refractivity contribution < 1.29 is 13.2 Å². The monoisotopic (exact) mass is 495 g/mol. The quantitative estimate of drug-likeness (QED) is 0.531. The molecule has 10 heteroatoms. The van der Waals surface area contributed by atoms with Crippen molar-refractivity contribution in [2.45, 2.75) is 11.3 Å². The van der Waals surface area contributed by atoms with Crippen LogP contribution < -0.4 is 0 Å². The second-order valence-corrected chi connectivity index (χ2v) is 10.7. The lowest BCUT2D eigenvalue weighted by molar-refractivity contribution is -0.131. The van der Waals surface area contributed by atoms with E-state index in [-0.39, 0.29) is 35.3 Å². The third kappa shape index (κ3) is 4.94. The number of amides is 1. The van der Waals surface area contributed by atoms with Crippen molar-refractivity contribution in [2.75, 3.05) is 26.2 Å². The summed E-state index contributed by atoms with van der Waals surface area (Å²) in [6.45, 7) is 1.10. The molecule has 1 aliphatic rings. The summed E-state index contributed by atoms with van der Waals surface area (Å²) < 4.78 is 27.1. The Balaban J connectivity index is 1.37. The van der Waals surface area contributed by atoms with Crippen molar-refractivity contribution in [3.8, 4) is 10.6 Å². The van der Waals surface area contributed by atoms with Gasteiger partial charge in [-0.3, -0.25) is 4.79 Å². The molecule has 0 radical (unpaired) electrons. The first-order valence-electron chi connectivity index (χ1n) is 9.57. The zero-order valence-corrected chi connectivity index (χ0v) is 19.5. The highest BCUT2D eigenvalue weighted by Gasteiger charge is 2.30. The van der Waals surface area contributed by atoms with Crippen LogP contribution in [0.15, 0.2) is 58.8 Å². The van der Waals surface area contributed by atoms with Gasteiger partial charge in [0, 0.05) is 37.1 Å². The normalized spacial score (nSPS) is 15.2. The van der Waals surface area contributed by atoms with Crippen LogP contribution in [0, 0.1) is 0 Å². The number of thiazole rings is 1. The average molecular weight is 496 g/mol. The molecule has 1 amide bonds. The maximum atomic E-state index is 12.9. The molecule has 0 N–H and O–H groups in total. The first-order chi connectivity index (χ1) is 14.8. The smallest absolute Gasteiger partial charge is 0.243 e. The second kappa shape index (κ2) is 9.26. The van der Waals surface area contributed by atoms with Gasteiger partial charge in [-0.15, -0.1) is 11.3 Å². The average Bonchev–Trinajstić information content (AvgIpc) is 3.24. The molecule has 1 fully saturated rings. The topological polar surface area (TPSA) is 70.6 Å². The molecule has 0 unspecified atom stereocenters. The molecule has 0 bridgehead atoms. The highest BCUT2D eigenvalue weighted by Crippen LogP contribution is 2.27. The largest absolute Gasteiger partial charge is 0.340 e. The molecule has 0 saturated carbocycles. The minimum Gasteiger partial charge on any atom is -0.340 e. The summed E-state index contributed by atoms with van der Waals surface area (Å²) in [6, 6.07) is 14.1. The molecule has 162 valence electrons. The highest BCUT2D eigenvalue weighted by molar-refractivity contribution is 7.89. The molecule has 31 heavy (non-hydrogen) atoms. The Morgan fingerprint density at radius 1 is 1.00 bits per heavy atom. The van der Waals surface area contributed by atoms with Crippen molar-refractivity contribution >= 4 is 50.5 Å². The van der Waals surface area contributed by atoms with Crippen LogP contribution in [0.25, 0.3) is 10.6 Å². The summed E-state index contributed by atoms with van der Waals surface area (Å²) in [5.74, 6) is -0.0588. The van der Waals surface area contributed by atoms with Crippen molar-refractivity contribution in [1.82, 2.24) is 14.2 Å². The Bertz CT molecular complexity index is 1190. The summed E-state index contributed by atoms with van der Waals surface area (Å²) in [6.07, 6.45) is 0.197. The lowest BCUT2D eigenvalue weighted by atomic mass is 10.2. The van der Waals surface area contributed by atoms with E-state index in [0.29, 0.717) is 18.1 Å². The van der Waals surface area contributed by atoms with Crippen molar-refractivity contribution in [3.63, 3.8) is 0 Å². The summed E-state index contributed by atoms with van der Waals surface area (Å²) in [7, 11) is -3.70. The maximum absolute atomic E-state index is 12.9. The fraction of sp³-hybridized carbons (Fsp3) is 0.238. The number of piperazine rings is 1. The van der Waals surface area contributed by atoms with Gasteiger partial charge in [0.25, 0.3) is 0 Å². The molecular weight excluding hydrogens is 477 g/mol. The van der Waals surface area contributed by atoms with Crippen LogP contribution in [-0.4, -0.2) is 54.7 Å². The first kappa shape index (κ1) is 22.2. The standard InChI is InChI=1S/C21H19Cl2N3O3S2/c22-18-7-6-17(13-19(18)23)31(28,29)26-10-8-25(9-11-26)20(27)12-16-14-30-21(24-16)15-4-2-1-3-5-15/h1-7,13-14H,8-12H2. The number of hydrogen-bond donors (Lipinski definition) is 0. The van der Waals surface area contributed by atoms with Crippen molar-refractivity contribution in [2.24, 2.45) is 0 Å². The van der Waals surface area contributed by atoms with Gasteiger partial charge in [0.2, 0.25) is 15.9 Å². The predicted octanol–water partition coefficient (Wildman–Crippen LogP) is 4.19. The molecule has 3 aromatic rings. The van der Waals surface area contributed by atoms with Gasteiger partial charge in [0.1, 0.15) is 5.01 Å².